The summed E-state index contributed by atoms with van der Waals surface area (Å²) in [4.78, 5) is 11.8. The first-order valence-electron chi connectivity index (χ1n) is 5.72. The Kier molecular flexibility index (Phi) is 6.81. The van der Waals surface area contributed by atoms with E-state index >= 15 is 0 Å². The average molecular weight is 200 g/mol. The zero-order valence-electron chi connectivity index (χ0n) is 10.2. The predicted molar refractivity (Wildman–Crippen MR) is 59.4 cm³/mol. The molecule has 0 aliphatic rings. The number of ketones is 1. The highest BCUT2D eigenvalue weighted by molar-refractivity contribution is 5.84. The molecule has 0 aromatic rings. The molecule has 0 aliphatic heterocycles. The Balaban J connectivity index is 4.20. The van der Waals surface area contributed by atoms with E-state index in [1.807, 2.05) is 20.8 Å². The van der Waals surface area contributed by atoms with E-state index in [0.29, 0.717) is 0 Å². The molecule has 0 amide bonds. The van der Waals surface area contributed by atoms with E-state index in [2.05, 4.69) is 13.8 Å². The summed E-state index contributed by atoms with van der Waals surface area (Å²) in [7, 11) is 0. The predicted octanol–water partition coefficient (Wildman–Crippen LogP) is 3.20. The van der Waals surface area contributed by atoms with Gasteiger partial charge in [-0.15, -0.1) is 0 Å². The van der Waals surface area contributed by atoms with Gasteiger partial charge < -0.3 is 4.74 Å². The molecule has 0 heterocycles. The second kappa shape index (κ2) is 6.99. The molecule has 0 bridgehead atoms. The fourth-order valence-electron chi connectivity index (χ4n) is 1.29. The average Bonchev–Trinajstić information content (AvgIpc) is 2.15. The van der Waals surface area contributed by atoms with Gasteiger partial charge in [-0.3, -0.25) is 4.79 Å². The summed E-state index contributed by atoms with van der Waals surface area (Å²) in [5.74, 6) is 0.322. The summed E-state index contributed by atoms with van der Waals surface area (Å²) >= 11 is 0. The molecule has 2 atom stereocenters. The highest BCUT2D eigenvalue weighted by atomic mass is 16.5. The van der Waals surface area contributed by atoms with Crippen LogP contribution in [0.4, 0.5) is 0 Å². The first kappa shape index (κ1) is 13.6. The molecule has 0 radical (unpaired) electrons. The first-order chi connectivity index (χ1) is 6.52. The van der Waals surface area contributed by atoms with Crippen LogP contribution in [0.5, 0.6) is 0 Å². The van der Waals surface area contributed by atoms with Gasteiger partial charge in [0.1, 0.15) is 6.10 Å². The summed E-state index contributed by atoms with van der Waals surface area (Å²) in [5, 5.41) is 0. The minimum absolute atomic E-state index is 0.0793. The number of carbonyl (C=O) groups excluding carboxylic acids is 1. The van der Waals surface area contributed by atoms with Crippen molar-refractivity contribution in [3.05, 3.63) is 0 Å². The Morgan fingerprint density at radius 1 is 1.21 bits per heavy atom. The molecule has 0 aliphatic carbocycles. The Morgan fingerprint density at radius 2 is 1.79 bits per heavy atom. The monoisotopic (exact) mass is 200 g/mol. The summed E-state index contributed by atoms with van der Waals surface area (Å²) in [6.45, 7) is 10.1. The van der Waals surface area contributed by atoms with Crippen LogP contribution in [0.1, 0.15) is 53.9 Å². The van der Waals surface area contributed by atoms with Gasteiger partial charge >= 0.3 is 0 Å². The molecular formula is C12H24O2. The zero-order valence-corrected chi connectivity index (χ0v) is 10.2. The van der Waals surface area contributed by atoms with E-state index in [4.69, 9.17) is 4.74 Å². The Hall–Kier alpha value is -0.370. The molecule has 2 nitrogen and oxygen atoms in total. The van der Waals surface area contributed by atoms with Crippen molar-refractivity contribution in [3.8, 4) is 0 Å². The fourth-order valence-corrected chi connectivity index (χ4v) is 1.29. The number of ether oxygens (including phenoxy) is 1. The molecule has 0 saturated carbocycles. The molecule has 0 fully saturated rings. The lowest BCUT2D eigenvalue weighted by Gasteiger charge is -2.21. The van der Waals surface area contributed by atoms with E-state index in [1.54, 1.807) is 0 Å². The lowest BCUT2D eigenvalue weighted by molar-refractivity contribution is -0.137. The minimum atomic E-state index is -0.185. The van der Waals surface area contributed by atoms with Gasteiger partial charge in [-0.1, -0.05) is 34.1 Å². The molecule has 1 unspecified atom stereocenters. The highest BCUT2D eigenvalue weighted by Gasteiger charge is 2.22. The largest absolute Gasteiger partial charge is 0.368 e. The third-order valence-corrected chi connectivity index (χ3v) is 2.41. The van der Waals surface area contributed by atoms with Gasteiger partial charge in [0, 0.05) is 5.92 Å². The van der Waals surface area contributed by atoms with E-state index in [1.165, 1.54) is 0 Å². The van der Waals surface area contributed by atoms with Crippen molar-refractivity contribution >= 4 is 5.78 Å². The molecule has 84 valence electrons. The molecule has 0 aromatic heterocycles. The van der Waals surface area contributed by atoms with Gasteiger partial charge in [-0.2, -0.15) is 0 Å². The minimum Gasteiger partial charge on any atom is -0.368 e. The third kappa shape index (κ3) is 4.75. The molecule has 14 heavy (non-hydrogen) atoms. The summed E-state index contributed by atoms with van der Waals surface area (Å²) in [5.41, 5.74) is 0. The zero-order chi connectivity index (χ0) is 11.1. The lowest BCUT2D eigenvalue weighted by atomic mass is 10.0. The highest BCUT2D eigenvalue weighted by Crippen LogP contribution is 2.13. The van der Waals surface area contributed by atoms with Crippen LogP contribution in [-0.4, -0.2) is 18.0 Å². The first-order valence-corrected chi connectivity index (χ1v) is 5.72. The van der Waals surface area contributed by atoms with Crippen LogP contribution in [0.25, 0.3) is 0 Å². The van der Waals surface area contributed by atoms with Gasteiger partial charge in [0.25, 0.3) is 0 Å². The van der Waals surface area contributed by atoms with Crippen LogP contribution in [-0.2, 0) is 9.53 Å². The van der Waals surface area contributed by atoms with Crippen molar-refractivity contribution in [1.29, 1.82) is 0 Å². The van der Waals surface area contributed by atoms with Gasteiger partial charge in [0.05, 0.1) is 6.10 Å². The molecular weight excluding hydrogens is 176 g/mol. The Morgan fingerprint density at radius 3 is 2.14 bits per heavy atom. The van der Waals surface area contributed by atoms with Gasteiger partial charge in [-0.25, -0.2) is 0 Å². The van der Waals surface area contributed by atoms with Crippen molar-refractivity contribution in [2.24, 2.45) is 5.92 Å². The van der Waals surface area contributed by atoms with E-state index < -0.39 is 0 Å². The topological polar surface area (TPSA) is 26.3 Å². The van der Waals surface area contributed by atoms with Crippen LogP contribution in [0.15, 0.2) is 0 Å². The van der Waals surface area contributed by atoms with E-state index in [9.17, 15) is 4.79 Å². The number of carbonyl (C=O) groups is 1. The summed E-state index contributed by atoms with van der Waals surface area (Å²) in [6, 6.07) is 0. The summed E-state index contributed by atoms with van der Waals surface area (Å²) < 4.78 is 5.71. The van der Waals surface area contributed by atoms with E-state index in [0.717, 1.165) is 19.3 Å². The number of hydrogen-bond acceptors (Lipinski definition) is 2. The van der Waals surface area contributed by atoms with Crippen molar-refractivity contribution in [2.45, 2.75) is 66.1 Å². The van der Waals surface area contributed by atoms with Crippen molar-refractivity contribution in [1.82, 2.24) is 0 Å². The molecule has 0 spiro atoms. The van der Waals surface area contributed by atoms with Gasteiger partial charge in [-0.05, 0) is 19.8 Å². The van der Waals surface area contributed by atoms with Crippen molar-refractivity contribution in [3.63, 3.8) is 0 Å². The second-order valence-corrected chi connectivity index (χ2v) is 4.19. The molecule has 0 N–H and O–H groups in total. The maximum absolute atomic E-state index is 11.8. The maximum atomic E-state index is 11.8. The quantitative estimate of drug-likeness (QED) is 0.631. The van der Waals surface area contributed by atoms with Gasteiger partial charge in [0.2, 0.25) is 0 Å². The lowest BCUT2D eigenvalue weighted by Crippen LogP contribution is -2.31. The normalized spacial score (nSPS) is 15.6. The van der Waals surface area contributed by atoms with Crippen LogP contribution < -0.4 is 0 Å². The fraction of sp³-hybridized carbons (Fsp3) is 0.917. The maximum Gasteiger partial charge on any atom is 0.164 e. The molecule has 0 aromatic carbocycles. The number of Topliss-reactive ketones (excluding diaryl/α,β-unsaturated/α-hetero) is 1. The number of rotatable bonds is 7. The van der Waals surface area contributed by atoms with Crippen LogP contribution >= 0.6 is 0 Å². The van der Waals surface area contributed by atoms with Crippen LogP contribution in [0.3, 0.4) is 0 Å². The molecule has 0 saturated heterocycles. The number of hydrogen-bond donors (Lipinski definition) is 0. The van der Waals surface area contributed by atoms with Gasteiger partial charge in [0.15, 0.2) is 5.78 Å². The summed E-state index contributed by atoms with van der Waals surface area (Å²) in [6.07, 6.45) is 2.82. The standard InChI is InChI=1S/C12H24O2/c1-6-8-11(12(13)9(3)4)14-10(5)7-2/h9-11H,6-8H2,1-5H3/t10?,11-/m1/s1. The van der Waals surface area contributed by atoms with Crippen LogP contribution in [0.2, 0.25) is 0 Å². The smallest absolute Gasteiger partial charge is 0.164 e. The second-order valence-electron chi connectivity index (χ2n) is 4.19. The Bertz CT molecular complexity index is 164. The van der Waals surface area contributed by atoms with E-state index in [-0.39, 0.29) is 23.9 Å². The molecule has 0 rings (SSSR count). The SMILES string of the molecule is CCC[C@@H](OC(C)CC)C(=O)C(C)C. The van der Waals surface area contributed by atoms with Crippen LogP contribution in [0, 0.1) is 5.92 Å². The Labute approximate surface area is 88.0 Å². The third-order valence-electron chi connectivity index (χ3n) is 2.41. The van der Waals surface area contributed by atoms with Crippen molar-refractivity contribution < 1.29 is 9.53 Å². The molecule has 2 heteroatoms. The van der Waals surface area contributed by atoms with Crippen molar-refractivity contribution in [2.75, 3.05) is 0 Å².